The van der Waals surface area contributed by atoms with Crippen LogP contribution in [0.15, 0.2) is 12.1 Å². The lowest BCUT2D eigenvalue weighted by Gasteiger charge is -2.29. The second kappa shape index (κ2) is 8.18. The monoisotopic (exact) mass is 306 g/mol. The average molecular weight is 306 g/mol. The number of amides is 1. The van der Waals surface area contributed by atoms with Gasteiger partial charge in [-0.2, -0.15) is 0 Å². The van der Waals surface area contributed by atoms with Crippen molar-refractivity contribution in [3.8, 4) is 11.8 Å². The van der Waals surface area contributed by atoms with Crippen LogP contribution in [0, 0.1) is 11.8 Å². The molecule has 0 radical (unpaired) electrons. The number of nitrogens with zero attached hydrogens (tertiary/aromatic N) is 1. The number of rotatable bonds is 4. The smallest absolute Gasteiger partial charge is 0.261 e. The molecule has 1 unspecified atom stereocenters. The fourth-order valence-corrected chi connectivity index (χ4v) is 3.31. The summed E-state index contributed by atoms with van der Waals surface area (Å²) < 4.78 is 0. The van der Waals surface area contributed by atoms with Crippen LogP contribution in [0.3, 0.4) is 0 Å². The maximum atomic E-state index is 12.2. The van der Waals surface area contributed by atoms with Crippen LogP contribution in [-0.4, -0.2) is 48.2 Å². The molecule has 0 aromatic carbocycles. The van der Waals surface area contributed by atoms with Crippen molar-refractivity contribution >= 4 is 17.2 Å². The molecule has 114 valence electrons. The lowest BCUT2D eigenvalue weighted by Crippen LogP contribution is -2.43. The van der Waals surface area contributed by atoms with Gasteiger partial charge in [0.1, 0.15) is 6.61 Å². The van der Waals surface area contributed by atoms with Crippen molar-refractivity contribution in [2.45, 2.75) is 32.2 Å². The third kappa shape index (κ3) is 5.16. The van der Waals surface area contributed by atoms with Crippen LogP contribution in [0.2, 0.25) is 0 Å². The van der Waals surface area contributed by atoms with Crippen molar-refractivity contribution in [2.75, 3.05) is 26.2 Å². The quantitative estimate of drug-likeness (QED) is 0.833. The molecular formula is C16H22N2O2S. The molecule has 1 atom stereocenters. The minimum Gasteiger partial charge on any atom is -0.384 e. The highest BCUT2D eigenvalue weighted by Gasteiger charge is 2.16. The molecule has 0 bridgehead atoms. The molecule has 2 N–H and O–H groups in total. The predicted molar refractivity (Wildman–Crippen MR) is 85.5 cm³/mol. The molecule has 1 saturated heterocycles. The SMILES string of the molecule is CC(CN1CCCCC1)NC(=O)c1ccc(C#CCO)s1. The Labute approximate surface area is 130 Å². The van der Waals surface area contributed by atoms with Crippen LogP contribution < -0.4 is 5.32 Å². The van der Waals surface area contributed by atoms with Gasteiger partial charge in [0.2, 0.25) is 0 Å². The van der Waals surface area contributed by atoms with Gasteiger partial charge >= 0.3 is 0 Å². The van der Waals surface area contributed by atoms with Gasteiger partial charge in [-0.05, 0) is 45.0 Å². The zero-order valence-electron chi connectivity index (χ0n) is 12.4. The van der Waals surface area contributed by atoms with E-state index in [1.54, 1.807) is 6.07 Å². The van der Waals surface area contributed by atoms with Crippen LogP contribution in [-0.2, 0) is 0 Å². The first-order valence-corrected chi connectivity index (χ1v) is 8.23. The highest BCUT2D eigenvalue weighted by atomic mass is 32.1. The third-order valence-corrected chi connectivity index (χ3v) is 4.48. The van der Waals surface area contributed by atoms with Gasteiger partial charge in [0.15, 0.2) is 0 Å². The van der Waals surface area contributed by atoms with E-state index in [1.165, 1.54) is 30.6 Å². The summed E-state index contributed by atoms with van der Waals surface area (Å²) in [5, 5.41) is 11.7. The zero-order chi connectivity index (χ0) is 15.1. The Bertz CT molecular complexity index is 524. The van der Waals surface area contributed by atoms with E-state index in [-0.39, 0.29) is 18.6 Å². The van der Waals surface area contributed by atoms with E-state index in [0.717, 1.165) is 24.5 Å². The molecule has 1 aromatic rings. The number of piperidine rings is 1. The van der Waals surface area contributed by atoms with Gasteiger partial charge < -0.3 is 15.3 Å². The number of thiophene rings is 1. The number of carbonyl (C=O) groups excluding carboxylic acids is 1. The Hall–Kier alpha value is -1.35. The number of likely N-dealkylation sites (tertiary alicyclic amines) is 1. The molecule has 1 aliphatic heterocycles. The van der Waals surface area contributed by atoms with Crippen LogP contribution in [0.4, 0.5) is 0 Å². The Morgan fingerprint density at radius 3 is 2.90 bits per heavy atom. The number of nitrogens with one attached hydrogen (secondary N) is 1. The Morgan fingerprint density at radius 2 is 2.19 bits per heavy atom. The van der Waals surface area contributed by atoms with E-state index in [9.17, 15) is 4.79 Å². The third-order valence-electron chi connectivity index (χ3n) is 3.48. The van der Waals surface area contributed by atoms with E-state index in [2.05, 4.69) is 22.1 Å². The minimum atomic E-state index is -0.160. The van der Waals surface area contributed by atoms with Crippen molar-refractivity contribution in [2.24, 2.45) is 0 Å². The van der Waals surface area contributed by atoms with Crippen molar-refractivity contribution in [1.82, 2.24) is 10.2 Å². The van der Waals surface area contributed by atoms with Crippen LogP contribution in [0.1, 0.15) is 40.7 Å². The topological polar surface area (TPSA) is 52.6 Å². The zero-order valence-corrected chi connectivity index (χ0v) is 13.2. The van der Waals surface area contributed by atoms with Crippen LogP contribution in [0.25, 0.3) is 0 Å². The van der Waals surface area contributed by atoms with Gasteiger partial charge in [0, 0.05) is 12.6 Å². The number of aliphatic hydroxyl groups excluding tert-OH is 1. The van der Waals surface area contributed by atoms with Crippen molar-refractivity contribution in [3.63, 3.8) is 0 Å². The molecule has 1 aromatic heterocycles. The van der Waals surface area contributed by atoms with Crippen molar-refractivity contribution in [3.05, 3.63) is 21.9 Å². The average Bonchev–Trinajstić information content (AvgIpc) is 2.95. The summed E-state index contributed by atoms with van der Waals surface area (Å²) in [5.74, 6) is 5.37. The first-order chi connectivity index (χ1) is 10.2. The van der Waals surface area contributed by atoms with Gasteiger partial charge in [-0.1, -0.05) is 18.3 Å². The van der Waals surface area contributed by atoms with E-state index in [1.807, 2.05) is 13.0 Å². The molecule has 4 nitrogen and oxygen atoms in total. The Morgan fingerprint density at radius 1 is 1.43 bits per heavy atom. The lowest BCUT2D eigenvalue weighted by molar-refractivity contribution is 0.0930. The summed E-state index contributed by atoms with van der Waals surface area (Å²) in [6.45, 7) is 5.08. The van der Waals surface area contributed by atoms with Crippen LogP contribution in [0.5, 0.6) is 0 Å². The summed E-state index contributed by atoms with van der Waals surface area (Å²) in [5.41, 5.74) is 0. The first-order valence-electron chi connectivity index (χ1n) is 7.42. The van der Waals surface area contributed by atoms with E-state index in [0.29, 0.717) is 4.88 Å². The molecule has 1 amide bonds. The van der Waals surface area contributed by atoms with E-state index in [4.69, 9.17) is 5.11 Å². The first kappa shape index (κ1) is 16.0. The standard InChI is InChI=1S/C16H22N2O2S/c1-13(12-18-9-3-2-4-10-18)17-16(20)15-8-7-14(21-15)6-5-11-19/h7-8,13,19H,2-4,9-12H2,1H3,(H,17,20). The lowest BCUT2D eigenvalue weighted by atomic mass is 10.1. The molecule has 0 spiro atoms. The normalized spacial score (nSPS) is 16.9. The van der Waals surface area contributed by atoms with Crippen molar-refractivity contribution in [1.29, 1.82) is 0 Å². The largest absolute Gasteiger partial charge is 0.384 e. The van der Waals surface area contributed by atoms with Crippen molar-refractivity contribution < 1.29 is 9.90 Å². The fraction of sp³-hybridized carbons (Fsp3) is 0.562. The maximum Gasteiger partial charge on any atom is 0.261 e. The molecule has 2 rings (SSSR count). The molecule has 5 heteroatoms. The Balaban J connectivity index is 1.83. The molecule has 0 saturated carbocycles. The highest BCUT2D eigenvalue weighted by molar-refractivity contribution is 7.14. The second-order valence-electron chi connectivity index (χ2n) is 5.36. The number of hydrogen-bond donors (Lipinski definition) is 2. The van der Waals surface area contributed by atoms with Gasteiger partial charge in [-0.25, -0.2) is 0 Å². The summed E-state index contributed by atoms with van der Waals surface area (Å²) >= 11 is 1.36. The summed E-state index contributed by atoms with van der Waals surface area (Å²) in [6.07, 6.45) is 3.85. The molecule has 1 fully saturated rings. The van der Waals surface area contributed by atoms with Gasteiger partial charge in [0.25, 0.3) is 5.91 Å². The molecule has 2 heterocycles. The molecule has 0 aliphatic carbocycles. The van der Waals surface area contributed by atoms with Crippen LogP contribution >= 0.6 is 11.3 Å². The minimum absolute atomic E-state index is 0.0402. The molecule has 1 aliphatic rings. The summed E-state index contributed by atoms with van der Waals surface area (Å²) in [7, 11) is 0. The van der Waals surface area contributed by atoms with E-state index >= 15 is 0 Å². The second-order valence-corrected chi connectivity index (χ2v) is 6.44. The number of aliphatic hydroxyl groups is 1. The highest BCUT2D eigenvalue weighted by Crippen LogP contribution is 2.15. The molecular weight excluding hydrogens is 284 g/mol. The number of hydrogen-bond acceptors (Lipinski definition) is 4. The fourth-order valence-electron chi connectivity index (χ4n) is 2.52. The van der Waals surface area contributed by atoms with Gasteiger partial charge in [-0.15, -0.1) is 11.3 Å². The maximum absolute atomic E-state index is 12.2. The van der Waals surface area contributed by atoms with Gasteiger partial charge in [0.05, 0.1) is 9.75 Å². The summed E-state index contributed by atoms with van der Waals surface area (Å²) in [6, 6.07) is 3.75. The molecule has 21 heavy (non-hydrogen) atoms. The summed E-state index contributed by atoms with van der Waals surface area (Å²) in [4.78, 5) is 16.1. The Kier molecular flexibility index (Phi) is 6.24. The number of carbonyl (C=O) groups is 1. The van der Waals surface area contributed by atoms with E-state index < -0.39 is 0 Å². The predicted octanol–water partition coefficient (Wildman–Crippen LogP) is 1.70. The van der Waals surface area contributed by atoms with Gasteiger partial charge in [-0.3, -0.25) is 4.79 Å².